The topological polar surface area (TPSA) is 41.6 Å². The number of hydrogen-bond acceptors (Lipinski definition) is 3. The Morgan fingerprint density at radius 3 is 2.58 bits per heavy atom. The minimum absolute atomic E-state index is 0.162. The van der Waals surface area contributed by atoms with Crippen molar-refractivity contribution in [3.8, 4) is 0 Å². The highest BCUT2D eigenvalue weighted by Gasteiger charge is 2.29. The van der Waals surface area contributed by atoms with Crippen LogP contribution in [0.3, 0.4) is 0 Å². The third-order valence-corrected chi connectivity index (χ3v) is 3.27. The van der Waals surface area contributed by atoms with Gasteiger partial charge in [0.05, 0.1) is 0 Å². The van der Waals surface area contributed by atoms with E-state index in [1.54, 1.807) is 0 Å². The van der Waals surface area contributed by atoms with Crippen LogP contribution in [0.2, 0.25) is 0 Å². The van der Waals surface area contributed by atoms with Crippen molar-refractivity contribution in [3.63, 3.8) is 0 Å². The second kappa shape index (κ2) is 7.13. The van der Waals surface area contributed by atoms with E-state index in [1.165, 1.54) is 12.8 Å². The Balaban J connectivity index is 2.64. The molecule has 4 nitrogen and oxygen atoms in total. The Morgan fingerprint density at radius 1 is 1.32 bits per heavy atom. The smallest absolute Gasteiger partial charge is 0.410 e. The molecule has 1 aliphatic heterocycles. The molecule has 0 bridgehead atoms. The summed E-state index contributed by atoms with van der Waals surface area (Å²) in [6, 6.07) is 0.712. The monoisotopic (exact) mass is 270 g/mol. The van der Waals surface area contributed by atoms with E-state index in [2.05, 4.69) is 19.2 Å². The fourth-order valence-corrected chi connectivity index (χ4v) is 2.32. The van der Waals surface area contributed by atoms with Crippen LogP contribution in [0.25, 0.3) is 0 Å². The van der Waals surface area contributed by atoms with Crippen LogP contribution in [0, 0.1) is 0 Å². The third-order valence-electron chi connectivity index (χ3n) is 3.27. The molecule has 4 heteroatoms. The first-order chi connectivity index (χ1) is 8.79. The molecule has 1 saturated heterocycles. The molecular formula is C15H30N2O2. The van der Waals surface area contributed by atoms with Gasteiger partial charge in [-0.25, -0.2) is 4.79 Å². The molecule has 0 spiro atoms. The minimum Gasteiger partial charge on any atom is -0.444 e. The maximum atomic E-state index is 12.3. The molecule has 0 aromatic heterocycles. The largest absolute Gasteiger partial charge is 0.444 e. The zero-order valence-corrected chi connectivity index (χ0v) is 13.2. The zero-order chi connectivity index (χ0) is 14.5. The number of nitrogens with one attached hydrogen (secondary N) is 1. The van der Waals surface area contributed by atoms with E-state index in [-0.39, 0.29) is 12.1 Å². The summed E-state index contributed by atoms with van der Waals surface area (Å²) < 4.78 is 5.53. The van der Waals surface area contributed by atoms with E-state index in [1.807, 2.05) is 25.7 Å². The van der Waals surface area contributed by atoms with Crippen molar-refractivity contribution in [1.29, 1.82) is 0 Å². The Morgan fingerprint density at radius 2 is 2.00 bits per heavy atom. The molecule has 1 amide bonds. The number of hydrogen-bond donors (Lipinski definition) is 1. The normalized spacial score (nSPS) is 21.4. The van der Waals surface area contributed by atoms with Crippen LogP contribution >= 0.6 is 0 Å². The fourth-order valence-electron chi connectivity index (χ4n) is 2.32. The number of rotatable bonds is 3. The maximum absolute atomic E-state index is 12.3. The van der Waals surface area contributed by atoms with Crippen molar-refractivity contribution in [3.05, 3.63) is 0 Å². The van der Waals surface area contributed by atoms with Gasteiger partial charge in [-0.3, -0.25) is 0 Å². The van der Waals surface area contributed by atoms with Gasteiger partial charge in [-0.15, -0.1) is 0 Å². The molecule has 0 aromatic rings. The van der Waals surface area contributed by atoms with E-state index in [0.29, 0.717) is 6.04 Å². The number of carbonyl (C=O) groups is 1. The average molecular weight is 270 g/mol. The summed E-state index contributed by atoms with van der Waals surface area (Å²) in [5, 5.41) is 3.44. The summed E-state index contributed by atoms with van der Waals surface area (Å²) in [7, 11) is 0. The average Bonchev–Trinajstić information content (AvgIpc) is 2.48. The van der Waals surface area contributed by atoms with Gasteiger partial charge in [0.2, 0.25) is 0 Å². The summed E-state index contributed by atoms with van der Waals surface area (Å²) in [6.07, 6.45) is 4.39. The number of carbonyl (C=O) groups excluding carboxylic acids is 1. The molecule has 0 aromatic carbocycles. The zero-order valence-electron chi connectivity index (χ0n) is 13.2. The number of ether oxygens (including phenoxy) is 1. The molecule has 1 atom stereocenters. The van der Waals surface area contributed by atoms with Crippen LogP contribution in [0.15, 0.2) is 0 Å². The van der Waals surface area contributed by atoms with E-state index < -0.39 is 5.60 Å². The molecule has 112 valence electrons. The van der Waals surface area contributed by atoms with Crippen molar-refractivity contribution < 1.29 is 9.53 Å². The molecule has 1 fully saturated rings. The van der Waals surface area contributed by atoms with Crippen LogP contribution in [-0.4, -0.2) is 41.8 Å². The number of amides is 1. The summed E-state index contributed by atoms with van der Waals surface area (Å²) in [5.41, 5.74) is -0.417. The summed E-state index contributed by atoms with van der Waals surface area (Å²) in [6.45, 7) is 11.7. The van der Waals surface area contributed by atoms with Gasteiger partial charge in [0.25, 0.3) is 0 Å². The van der Waals surface area contributed by atoms with Gasteiger partial charge in [0.1, 0.15) is 5.60 Å². The molecule has 1 N–H and O–H groups in total. The van der Waals surface area contributed by atoms with E-state index >= 15 is 0 Å². The van der Waals surface area contributed by atoms with Crippen LogP contribution in [0.5, 0.6) is 0 Å². The Labute approximate surface area is 117 Å². The second-order valence-corrected chi connectivity index (χ2v) is 6.74. The fraction of sp³-hybridized carbons (Fsp3) is 0.933. The lowest BCUT2D eigenvalue weighted by Crippen LogP contribution is -2.48. The van der Waals surface area contributed by atoms with Crippen molar-refractivity contribution in [2.75, 3.05) is 13.1 Å². The van der Waals surface area contributed by atoms with Gasteiger partial charge in [-0.1, -0.05) is 26.7 Å². The molecular weight excluding hydrogens is 240 g/mol. The highest BCUT2D eigenvalue weighted by atomic mass is 16.6. The van der Waals surface area contributed by atoms with E-state index in [4.69, 9.17) is 4.74 Å². The minimum atomic E-state index is -0.417. The molecule has 1 heterocycles. The van der Waals surface area contributed by atoms with Crippen LogP contribution in [-0.2, 0) is 4.74 Å². The third kappa shape index (κ3) is 6.28. The van der Waals surface area contributed by atoms with Crippen molar-refractivity contribution in [2.24, 2.45) is 0 Å². The summed E-state index contributed by atoms with van der Waals surface area (Å²) in [5.74, 6) is 0. The first-order valence-electron chi connectivity index (χ1n) is 7.52. The van der Waals surface area contributed by atoms with Crippen LogP contribution in [0.1, 0.15) is 60.3 Å². The highest BCUT2D eigenvalue weighted by molar-refractivity contribution is 5.68. The molecule has 0 radical (unpaired) electrons. The Bertz CT molecular complexity index is 284. The number of nitrogens with zero attached hydrogens (tertiary/aromatic N) is 1. The predicted octanol–water partition coefficient (Wildman–Crippen LogP) is 3.16. The van der Waals surface area contributed by atoms with E-state index in [9.17, 15) is 4.79 Å². The SMILES string of the molecule is CC(C)NCC1CCCCCN1C(=O)OC(C)(C)C. The molecule has 0 saturated carbocycles. The molecule has 1 aliphatic rings. The van der Waals surface area contributed by atoms with Crippen LogP contribution < -0.4 is 5.32 Å². The first-order valence-corrected chi connectivity index (χ1v) is 7.52. The van der Waals surface area contributed by atoms with Gasteiger partial charge < -0.3 is 15.0 Å². The predicted molar refractivity (Wildman–Crippen MR) is 78.3 cm³/mol. The summed E-state index contributed by atoms with van der Waals surface area (Å²) >= 11 is 0. The first kappa shape index (κ1) is 16.3. The Kier molecular flexibility index (Phi) is 6.11. The standard InChI is InChI=1S/C15H30N2O2/c1-12(2)16-11-13-9-7-6-8-10-17(13)14(18)19-15(3,4)5/h12-13,16H,6-11H2,1-5H3. The maximum Gasteiger partial charge on any atom is 0.410 e. The van der Waals surface area contributed by atoms with Gasteiger partial charge in [-0.2, -0.15) is 0 Å². The van der Waals surface area contributed by atoms with Gasteiger partial charge >= 0.3 is 6.09 Å². The lowest BCUT2D eigenvalue weighted by Gasteiger charge is -2.32. The van der Waals surface area contributed by atoms with Crippen molar-refractivity contribution in [2.45, 2.75) is 78.0 Å². The van der Waals surface area contributed by atoms with Crippen LogP contribution in [0.4, 0.5) is 4.79 Å². The molecule has 1 unspecified atom stereocenters. The van der Waals surface area contributed by atoms with Crippen molar-refractivity contribution >= 4 is 6.09 Å². The summed E-state index contributed by atoms with van der Waals surface area (Å²) in [4.78, 5) is 14.2. The van der Waals surface area contributed by atoms with Gasteiger partial charge in [-0.05, 0) is 33.6 Å². The lowest BCUT2D eigenvalue weighted by molar-refractivity contribution is 0.0164. The Hall–Kier alpha value is -0.770. The number of likely N-dealkylation sites (tertiary alicyclic amines) is 1. The van der Waals surface area contributed by atoms with Gasteiger partial charge in [0.15, 0.2) is 0 Å². The molecule has 0 aliphatic carbocycles. The van der Waals surface area contributed by atoms with E-state index in [0.717, 1.165) is 25.9 Å². The quantitative estimate of drug-likeness (QED) is 0.856. The lowest BCUT2D eigenvalue weighted by atomic mass is 10.1. The second-order valence-electron chi connectivity index (χ2n) is 6.74. The van der Waals surface area contributed by atoms with Crippen molar-refractivity contribution in [1.82, 2.24) is 10.2 Å². The highest BCUT2D eigenvalue weighted by Crippen LogP contribution is 2.19. The molecule has 19 heavy (non-hydrogen) atoms. The molecule has 1 rings (SSSR count). The van der Waals surface area contributed by atoms with Gasteiger partial charge in [0, 0.05) is 25.2 Å².